The molecule has 3 rings (SSSR count). The highest BCUT2D eigenvalue weighted by atomic mass is 32.2. The molecule has 0 N–H and O–H groups in total. The van der Waals surface area contributed by atoms with Gasteiger partial charge in [-0.15, -0.1) is 0 Å². The van der Waals surface area contributed by atoms with Crippen LogP contribution >= 0.6 is 0 Å². The van der Waals surface area contributed by atoms with Crippen LogP contribution in [0.2, 0.25) is 0 Å². The fraction of sp³-hybridized carbons (Fsp3) is 0.600. The van der Waals surface area contributed by atoms with Crippen LogP contribution in [-0.4, -0.2) is 67.2 Å². The molecular formula is C20H28N2O4S. The molecule has 1 unspecified atom stereocenters. The molecule has 2 heterocycles. The first-order valence-electron chi connectivity index (χ1n) is 9.67. The molecule has 0 aromatic heterocycles. The summed E-state index contributed by atoms with van der Waals surface area (Å²) in [5, 5.41) is 0. The van der Waals surface area contributed by atoms with Gasteiger partial charge in [0.1, 0.15) is 0 Å². The largest absolute Gasteiger partial charge is 0.339 e. The van der Waals surface area contributed by atoms with Crippen molar-refractivity contribution in [2.75, 3.05) is 31.1 Å². The van der Waals surface area contributed by atoms with Crippen molar-refractivity contribution in [2.24, 2.45) is 5.92 Å². The number of hydrogen-bond donors (Lipinski definition) is 0. The summed E-state index contributed by atoms with van der Waals surface area (Å²) < 4.78 is 23.5. The van der Waals surface area contributed by atoms with Crippen LogP contribution in [-0.2, 0) is 14.6 Å². The predicted molar refractivity (Wildman–Crippen MR) is 104 cm³/mol. The molecule has 2 saturated heterocycles. The van der Waals surface area contributed by atoms with E-state index in [0.29, 0.717) is 44.5 Å². The molecule has 2 aliphatic heterocycles. The molecule has 7 heteroatoms. The maximum absolute atomic E-state index is 12.9. The van der Waals surface area contributed by atoms with Gasteiger partial charge in [0.15, 0.2) is 9.84 Å². The Balaban J connectivity index is 1.59. The molecule has 2 fully saturated rings. The van der Waals surface area contributed by atoms with E-state index in [-0.39, 0.29) is 35.3 Å². The van der Waals surface area contributed by atoms with Crippen LogP contribution in [0.15, 0.2) is 24.3 Å². The Kier molecular flexibility index (Phi) is 5.89. The van der Waals surface area contributed by atoms with Gasteiger partial charge in [-0.2, -0.15) is 0 Å². The molecule has 0 bridgehead atoms. The van der Waals surface area contributed by atoms with E-state index in [1.165, 1.54) is 0 Å². The van der Waals surface area contributed by atoms with Gasteiger partial charge in [0.25, 0.3) is 5.91 Å². The lowest BCUT2D eigenvalue weighted by Crippen LogP contribution is -2.48. The highest BCUT2D eigenvalue weighted by Crippen LogP contribution is 2.25. The topological polar surface area (TPSA) is 74.8 Å². The normalized spacial score (nSPS) is 22.6. The summed E-state index contributed by atoms with van der Waals surface area (Å²) in [5.41, 5.74) is 1.74. The Morgan fingerprint density at radius 2 is 1.89 bits per heavy atom. The number of aryl methyl sites for hydroxylation is 1. The first kappa shape index (κ1) is 19.9. The Labute approximate surface area is 161 Å². The van der Waals surface area contributed by atoms with E-state index in [9.17, 15) is 18.0 Å². The van der Waals surface area contributed by atoms with Gasteiger partial charge in [-0.1, -0.05) is 17.7 Å². The molecule has 0 saturated carbocycles. The van der Waals surface area contributed by atoms with Crippen molar-refractivity contribution in [1.82, 2.24) is 9.80 Å². The first-order chi connectivity index (χ1) is 12.8. The molecule has 0 aliphatic carbocycles. The van der Waals surface area contributed by atoms with Gasteiger partial charge >= 0.3 is 0 Å². The zero-order valence-electron chi connectivity index (χ0n) is 16.1. The van der Waals surface area contributed by atoms with Crippen LogP contribution in [0.5, 0.6) is 0 Å². The second kappa shape index (κ2) is 8.00. The van der Waals surface area contributed by atoms with Crippen molar-refractivity contribution in [1.29, 1.82) is 0 Å². The molecule has 2 aliphatic rings. The second-order valence-corrected chi connectivity index (χ2v) is 9.85. The maximum Gasteiger partial charge on any atom is 0.253 e. The van der Waals surface area contributed by atoms with E-state index in [1.807, 2.05) is 43.0 Å². The zero-order chi connectivity index (χ0) is 19.6. The third-order valence-corrected chi connectivity index (χ3v) is 7.42. The zero-order valence-corrected chi connectivity index (χ0v) is 16.9. The van der Waals surface area contributed by atoms with Gasteiger partial charge in [0.05, 0.1) is 11.5 Å². The minimum atomic E-state index is -3.02. The third-order valence-electron chi connectivity index (χ3n) is 5.67. The lowest BCUT2D eigenvalue weighted by Gasteiger charge is -2.36. The van der Waals surface area contributed by atoms with Crippen molar-refractivity contribution in [3.8, 4) is 0 Å². The van der Waals surface area contributed by atoms with Crippen LogP contribution in [0, 0.1) is 12.8 Å². The van der Waals surface area contributed by atoms with Crippen molar-refractivity contribution in [2.45, 2.75) is 39.2 Å². The van der Waals surface area contributed by atoms with E-state index in [1.54, 1.807) is 4.90 Å². The minimum absolute atomic E-state index is 0.0128. The first-order valence-corrected chi connectivity index (χ1v) is 11.5. The summed E-state index contributed by atoms with van der Waals surface area (Å²) in [6.07, 6.45) is 1.80. The number of sulfone groups is 1. The summed E-state index contributed by atoms with van der Waals surface area (Å²) in [6.45, 7) is 5.51. The molecule has 1 aromatic rings. The lowest BCUT2D eigenvalue weighted by atomic mass is 9.94. The van der Waals surface area contributed by atoms with E-state index in [2.05, 4.69) is 0 Å². The average molecular weight is 393 g/mol. The molecular weight excluding hydrogens is 364 g/mol. The van der Waals surface area contributed by atoms with Crippen molar-refractivity contribution in [3.05, 3.63) is 35.4 Å². The molecule has 6 nitrogen and oxygen atoms in total. The maximum atomic E-state index is 12.9. The lowest BCUT2D eigenvalue weighted by molar-refractivity contribution is -0.138. The van der Waals surface area contributed by atoms with E-state index in [4.69, 9.17) is 0 Å². The fourth-order valence-electron chi connectivity index (χ4n) is 4.14. The standard InChI is InChI=1S/C20H28N2O4S/c1-3-22(18-9-12-27(25,26)14-18)20(24)16-7-10-21(11-8-16)19(23)17-6-4-5-15(2)13-17/h4-6,13,16,18H,3,7-12,14H2,1-2H3. The predicted octanol–water partition coefficient (Wildman–Crippen LogP) is 1.88. The summed E-state index contributed by atoms with van der Waals surface area (Å²) in [7, 11) is -3.02. The average Bonchev–Trinajstić information content (AvgIpc) is 3.01. The van der Waals surface area contributed by atoms with Crippen LogP contribution in [0.1, 0.15) is 42.1 Å². The van der Waals surface area contributed by atoms with Crippen LogP contribution in [0.3, 0.4) is 0 Å². The summed E-state index contributed by atoms with van der Waals surface area (Å²) in [6, 6.07) is 7.36. The summed E-state index contributed by atoms with van der Waals surface area (Å²) in [4.78, 5) is 29.2. The number of piperidine rings is 1. The molecule has 1 aromatic carbocycles. The van der Waals surface area contributed by atoms with E-state index < -0.39 is 9.84 Å². The van der Waals surface area contributed by atoms with Crippen molar-refractivity contribution < 1.29 is 18.0 Å². The third kappa shape index (κ3) is 4.51. The molecule has 0 radical (unpaired) electrons. The Bertz CT molecular complexity index is 813. The number of carbonyl (C=O) groups excluding carboxylic acids is 2. The van der Waals surface area contributed by atoms with E-state index in [0.717, 1.165) is 5.56 Å². The van der Waals surface area contributed by atoms with Gasteiger partial charge in [-0.25, -0.2) is 8.42 Å². The number of rotatable bonds is 4. The number of nitrogens with zero attached hydrogens (tertiary/aromatic N) is 2. The quantitative estimate of drug-likeness (QED) is 0.784. The molecule has 2 amide bonds. The fourth-order valence-corrected chi connectivity index (χ4v) is 5.87. The smallest absolute Gasteiger partial charge is 0.253 e. The highest BCUT2D eigenvalue weighted by molar-refractivity contribution is 7.91. The van der Waals surface area contributed by atoms with Crippen LogP contribution < -0.4 is 0 Å². The molecule has 0 spiro atoms. The Morgan fingerprint density at radius 1 is 1.19 bits per heavy atom. The van der Waals surface area contributed by atoms with Gasteiger partial charge in [0, 0.05) is 37.2 Å². The van der Waals surface area contributed by atoms with Gasteiger partial charge in [-0.3, -0.25) is 9.59 Å². The Hall–Kier alpha value is -1.89. The Morgan fingerprint density at radius 3 is 2.44 bits per heavy atom. The van der Waals surface area contributed by atoms with Gasteiger partial charge < -0.3 is 9.80 Å². The number of amides is 2. The van der Waals surface area contributed by atoms with Crippen LogP contribution in [0.25, 0.3) is 0 Å². The van der Waals surface area contributed by atoms with Crippen LogP contribution in [0.4, 0.5) is 0 Å². The van der Waals surface area contributed by atoms with Gasteiger partial charge in [-0.05, 0) is 45.2 Å². The SMILES string of the molecule is CCN(C(=O)C1CCN(C(=O)c2cccc(C)c2)CC1)C1CCS(=O)(=O)C1. The van der Waals surface area contributed by atoms with Crippen molar-refractivity contribution >= 4 is 21.7 Å². The van der Waals surface area contributed by atoms with Crippen molar-refractivity contribution in [3.63, 3.8) is 0 Å². The number of carbonyl (C=O) groups is 2. The van der Waals surface area contributed by atoms with E-state index >= 15 is 0 Å². The number of benzene rings is 1. The highest BCUT2D eigenvalue weighted by Gasteiger charge is 2.37. The minimum Gasteiger partial charge on any atom is -0.339 e. The summed E-state index contributed by atoms with van der Waals surface area (Å²) >= 11 is 0. The number of likely N-dealkylation sites (tertiary alicyclic amines) is 1. The molecule has 1 atom stereocenters. The number of hydrogen-bond acceptors (Lipinski definition) is 4. The molecule has 27 heavy (non-hydrogen) atoms. The van der Waals surface area contributed by atoms with Gasteiger partial charge in [0.2, 0.25) is 5.91 Å². The second-order valence-electron chi connectivity index (χ2n) is 7.62. The molecule has 148 valence electrons. The monoisotopic (exact) mass is 392 g/mol. The summed E-state index contributed by atoms with van der Waals surface area (Å²) in [5.74, 6) is 0.179.